The Balaban J connectivity index is 1.18. The Labute approximate surface area is 190 Å². The molecule has 4 atom stereocenters. The average molecular weight is 435 g/mol. The number of amides is 1. The van der Waals surface area contributed by atoms with E-state index >= 15 is 0 Å². The normalized spacial score (nSPS) is 27.0. The summed E-state index contributed by atoms with van der Waals surface area (Å²) in [6.45, 7) is 3.03. The second kappa shape index (κ2) is 8.87. The fourth-order valence-corrected chi connectivity index (χ4v) is 6.05. The van der Waals surface area contributed by atoms with Crippen LogP contribution in [0.15, 0.2) is 54.6 Å². The van der Waals surface area contributed by atoms with E-state index in [9.17, 15) is 9.90 Å². The van der Waals surface area contributed by atoms with Gasteiger partial charge in [0.1, 0.15) is 5.75 Å². The van der Waals surface area contributed by atoms with Gasteiger partial charge in [0.2, 0.25) is 0 Å². The second-order valence-electron chi connectivity index (χ2n) is 9.76. The Morgan fingerprint density at radius 1 is 1.06 bits per heavy atom. The lowest BCUT2D eigenvalue weighted by Gasteiger charge is -2.33. The molecule has 2 aliphatic carbocycles. The summed E-state index contributed by atoms with van der Waals surface area (Å²) < 4.78 is 5.47. The number of carbonyl (C=O) groups is 1. The van der Waals surface area contributed by atoms with Crippen molar-refractivity contribution in [3.63, 3.8) is 0 Å². The second-order valence-corrected chi connectivity index (χ2v) is 9.76. The first-order valence-electron chi connectivity index (χ1n) is 12.0. The number of nitrogens with one attached hydrogen (secondary N) is 1. The maximum atomic E-state index is 13.4. The van der Waals surface area contributed by atoms with Crippen LogP contribution in [0.25, 0.3) is 0 Å². The minimum absolute atomic E-state index is 0.000779. The number of methoxy groups -OCH3 is 1. The molecule has 0 radical (unpaired) electrons. The van der Waals surface area contributed by atoms with Crippen molar-refractivity contribution >= 4 is 5.91 Å². The van der Waals surface area contributed by atoms with E-state index in [1.165, 1.54) is 5.56 Å². The molecule has 3 fully saturated rings. The highest BCUT2D eigenvalue weighted by atomic mass is 16.5. The van der Waals surface area contributed by atoms with Crippen molar-refractivity contribution < 1.29 is 14.6 Å². The first-order valence-corrected chi connectivity index (χ1v) is 12.0. The molecule has 0 aromatic heterocycles. The molecule has 32 heavy (non-hydrogen) atoms. The van der Waals surface area contributed by atoms with Gasteiger partial charge >= 0.3 is 0 Å². The van der Waals surface area contributed by atoms with Crippen molar-refractivity contribution in [2.45, 2.75) is 43.7 Å². The van der Waals surface area contributed by atoms with E-state index in [2.05, 4.69) is 22.3 Å². The number of piperidine rings is 1. The molecule has 5 rings (SSSR count). The standard InChI is InChI=1S/C27H34N2O3/c1-32-24-14-8-5-9-19(24)15-16-29-17-22-23(18-29)25(22)28-26(30)27(31,21-12-6-7-13-21)20-10-3-2-4-11-20/h2-5,8-11,14,21-23,25,31H,6-7,12-13,15-18H2,1H3,(H,28,30)/t22-,23?,25?,27?/m0/s1. The van der Waals surface area contributed by atoms with Crippen LogP contribution >= 0.6 is 0 Å². The highest BCUT2D eigenvalue weighted by Gasteiger charge is 2.58. The Bertz CT molecular complexity index is 931. The molecule has 1 amide bonds. The predicted molar refractivity (Wildman–Crippen MR) is 124 cm³/mol. The van der Waals surface area contributed by atoms with E-state index in [1.54, 1.807) is 7.11 Å². The molecule has 5 heteroatoms. The molecular formula is C27H34N2O3. The van der Waals surface area contributed by atoms with E-state index in [-0.39, 0.29) is 17.9 Å². The molecule has 1 aliphatic heterocycles. The Hall–Kier alpha value is -2.37. The topological polar surface area (TPSA) is 61.8 Å². The van der Waals surface area contributed by atoms with Crippen molar-refractivity contribution in [2.24, 2.45) is 17.8 Å². The van der Waals surface area contributed by atoms with Crippen LogP contribution in [0.5, 0.6) is 5.75 Å². The van der Waals surface area contributed by atoms with Crippen molar-refractivity contribution in [3.8, 4) is 5.75 Å². The summed E-state index contributed by atoms with van der Waals surface area (Å²) in [5.41, 5.74) is 0.552. The number of hydrogen-bond acceptors (Lipinski definition) is 4. The van der Waals surface area contributed by atoms with E-state index < -0.39 is 5.60 Å². The van der Waals surface area contributed by atoms with Gasteiger partial charge in [-0.05, 0) is 48.3 Å². The third kappa shape index (κ3) is 3.93. The lowest BCUT2D eigenvalue weighted by Crippen LogP contribution is -2.51. The fourth-order valence-electron chi connectivity index (χ4n) is 6.05. The lowest BCUT2D eigenvalue weighted by molar-refractivity contribution is -0.147. The van der Waals surface area contributed by atoms with Crippen molar-refractivity contribution in [1.29, 1.82) is 0 Å². The van der Waals surface area contributed by atoms with Gasteiger partial charge < -0.3 is 20.1 Å². The molecule has 2 aromatic rings. The zero-order chi connectivity index (χ0) is 22.1. The van der Waals surface area contributed by atoms with E-state index in [0.717, 1.165) is 63.1 Å². The van der Waals surface area contributed by atoms with Gasteiger partial charge in [-0.25, -0.2) is 0 Å². The van der Waals surface area contributed by atoms with Gasteiger partial charge in [-0.15, -0.1) is 0 Å². The Morgan fingerprint density at radius 2 is 1.72 bits per heavy atom. The number of nitrogens with zero attached hydrogens (tertiary/aromatic N) is 1. The monoisotopic (exact) mass is 434 g/mol. The zero-order valence-electron chi connectivity index (χ0n) is 18.9. The lowest BCUT2D eigenvalue weighted by atomic mass is 9.79. The van der Waals surface area contributed by atoms with Gasteiger partial charge in [-0.2, -0.15) is 0 Å². The van der Waals surface area contributed by atoms with Crippen LogP contribution in [0.1, 0.15) is 36.8 Å². The van der Waals surface area contributed by atoms with Crippen molar-refractivity contribution in [3.05, 3.63) is 65.7 Å². The maximum Gasteiger partial charge on any atom is 0.257 e. The summed E-state index contributed by atoms with van der Waals surface area (Å²) in [5, 5.41) is 14.9. The number of para-hydroxylation sites is 1. The molecule has 1 heterocycles. The van der Waals surface area contributed by atoms with Crippen LogP contribution in [0.3, 0.4) is 0 Å². The molecule has 2 aromatic carbocycles. The molecule has 3 aliphatic rings. The summed E-state index contributed by atoms with van der Waals surface area (Å²) in [6, 6.07) is 17.9. The van der Waals surface area contributed by atoms with Crippen LogP contribution in [0.4, 0.5) is 0 Å². The van der Waals surface area contributed by atoms with Crippen LogP contribution in [0, 0.1) is 17.8 Å². The molecule has 0 bridgehead atoms. The number of aliphatic hydroxyl groups is 1. The summed E-state index contributed by atoms with van der Waals surface area (Å²) in [5.74, 6) is 1.76. The SMILES string of the molecule is COc1ccccc1CCN1CC2C(NC(=O)C(O)(c3ccccc3)C3CCCC3)[C@H]2C1. The summed E-state index contributed by atoms with van der Waals surface area (Å²) in [6.07, 6.45) is 4.96. The smallest absolute Gasteiger partial charge is 0.257 e. The first-order chi connectivity index (χ1) is 15.6. The van der Waals surface area contributed by atoms with E-state index in [0.29, 0.717) is 11.8 Å². The molecule has 3 unspecified atom stereocenters. The van der Waals surface area contributed by atoms with Crippen LogP contribution in [0.2, 0.25) is 0 Å². The summed E-state index contributed by atoms with van der Waals surface area (Å²) >= 11 is 0. The van der Waals surface area contributed by atoms with Gasteiger partial charge in [0.15, 0.2) is 5.60 Å². The molecule has 170 valence electrons. The fraction of sp³-hybridized carbons (Fsp3) is 0.519. The highest BCUT2D eigenvalue weighted by Crippen LogP contribution is 2.47. The highest BCUT2D eigenvalue weighted by molar-refractivity contribution is 5.87. The van der Waals surface area contributed by atoms with Crippen LogP contribution < -0.4 is 10.1 Å². The summed E-state index contributed by atoms with van der Waals surface area (Å²) in [7, 11) is 1.72. The minimum atomic E-state index is -1.42. The quantitative estimate of drug-likeness (QED) is 0.669. The Morgan fingerprint density at radius 3 is 2.41 bits per heavy atom. The molecular weight excluding hydrogens is 400 g/mol. The van der Waals surface area contributed by atoms with Crippen LogP contribution in [-0.2, 0) is 16.8 Å². The Kier molecular flexibility index (Phi) is 5.95. The van der Waals surface area contributed by atoms with Crippen LogP contribution in [-0.4, -0.2) is 48.7 Å². The molecule has 1 saturated heterocycles. The molecule has 5 nitrogen and oxygen atoms in total. The van der Waals surface area contributed by atoms with Gasteiger partial charge in [-0.3, -0.25) is 4.79 Å². The first kappa shape index (κ1) is 21.5. The number of ether oxygens (including phenoxy) is 1. The third-order valence-corrected chi connectivity index (χ3v) is 7.96. The van der Waals surface area contributed by atoms with Gasteiger partial charge in [-0.1, -0.05) is 61.4 Å². The number of rotatable bonds is 8. The number of fused-ring (bicyclic) bond motifs is 1. The zero-order valence-corrected chi connectivity index (χ0v) is 18.9. The predicted octanol–water partition coefficient (Wildman–Crippen LogP) is 3.36. The van der Waals surface area contributed by atoms with Crippen molar-refractivity contribution in [1.82, 2.24) is 10.2 Å². The molecule has 2 N–H and O–H groups in total. The largest absolute Gasteiger partial charge is 0.496 e. The van der Waals surface area contributed by atoms with Gasteiger partial charge in [0, 0.05) is 31.6 Å². The van der Waals surface area contributed by atoms with E-state index in [1.807, 2.05) is 42.5 Å². The molecule has 2 saturated carbocycles. The minimum Gasteiger partial charge on any atom is -0.496 e. The number of benzene rings is 2. The van der Waals surface area contributed by atoms with Gasteiger partial charge in [0.05, 0.1) is 7.11 Å². The average Bonchev–Trinajstić information content (AvgIpc) is 3.25. The van der Waals surface area contributed by atoms with Crippen molar-refractivity contribution in [2.75, 3.05) is 26.7 Å². The van der Waals surface area contributed by atoms with Gasteiger partial charge in [0.25, 0.3) is 5.91 Å². The third-order valence-electron chi connectivity index (χ3n) is 7.96. The number of likely N-dealkylation sites (tertiary alicyclic amines) is 1. The number of hydrogen-bond donors (Lipinski definition) is 2. The molecule has 0 spiro atoms. The number of carbonyl (C=O) groups excluding carboxylic acids is 1. The maximum absolute atomic E-state index is 13.4. The summed E-state index contributed by atoms with van der Waals surface area (Å²) in [4.78, 5) is 15.9. The van der Waals surface area contributed by atoms with E-state index in [4.69, 9.17) is 4.74 Å².